The van der Waals surface area contributed by atoms with Crippen LogP contribution in [-0.2, 0) is 14.6 Å². The molecule has 0 unspecified atom stereocenters. The molecule has 1 aromatic rings. The summed E-state index contributed by atoms with van der Waals surface area (Å²) in [4.78, 5) is 13.7. The van der Waals surface area contributed by atoms with Gasteiger partial charge in [-0.15, -0.1) is 0 Å². The van der Waals surface area contributed by atoms with Gasteiger partial charge < -0.3 is 10.6 Å². The van der Waals surface area contributed by atoms with E-state index in [1.54, 1.807) is 4.90 Å². The molecule has 1 aliphatic heterocycles. The molecule has 1 aliphatic rings. The molecule has 1 fully saturated rings. The molecule has 0 aliphatic carbocycles. The second kappa shape index (κ2) is 6.11. The fourth-order valence-corrected chi connectivity index (χ4v) is 3.70. The number of halogens is 1. The molecule has 21 heavy (non-hydrogen) atoms. The second-order valence-electron chi connectivity index (χ2n) is 5.40. The summed E-state index contributed by atoms with van der Waals surface area (Å²) in [6.45, 7) is 2.54. The summed E-state index contributed by atoms with van der Waals surface area (Å²) in [7, 11) is -3.64. The van der Waals surface area contributed by atoms with Gasteiger partial charge in [0.2, 0.25) is 5.91 Å². The summed E-state index contributed by atoms with van der Waals surface area (Å²) in [6, 6.07) is 4.61. The van der Waals surface area contributed by atoms with Gasteiger partial charge in [-0.05, 0) is 37.6 Å². The molecular formula is C14H19FN2O3S. The van der Waals surface area contributed by atoms with E-state index in [0.29, 0.717) is 13.1 Å². The van der Waals surface area contributed by atoms with Crippen LogP contribution < -0.4 is 5.73 Å². The van der Waals surface area contributed by atoms with Gasteiger partial charge in [0.25, 0.3) is 0 Å². The van der Waals surface area contributed by atoms with E-state index >= 15 is 0 Å². The summed E-state index contributed by atoms with van der Waals surface area (Å²) in [5.41, 5.74) is 5.74. The van der Waals surface area contributed by atoms with Gasteiger partial charge in [0, 0.05) is 25.6 Å². The van der Waals surface area contributed by atoms with Crippen LogP contribution in [-0.4, -0.2) is 43.6 Å². The Morgan fingerprint density at radius 3 is 2.57 bits per heavy atom. The van der Waals surface area contributed by atoms with E-state index in [-0.39, 0.29) is 23.3 Å². The summed E-state index contributed by atoms with van der Waals surface area (Å²) in [5.74, 6) is -0.704. The molecule has 1 amide bonds. The van der Waals surface area contributed by atoms with Gasteiger partial charge in [-0.2, -0.15) is 0 Å². The molecule has 116 valence electrons. The summed E-state index contributed by atoms with van der Waals surface area (Å²) < 4.78 is 37.5. The maximum absolute atomic E-state index is 12.9. The molecule has 2 rings (SSSR count). The predicted octanol–water partition coefficient (Wildman–Crippen LogP) is 0.938. The SMILES string of the molecule is C[C@@H](CC(=O)N1CC[C@@H](N)C1)S(=O)(=O)c1ccc(F)cc1. The number of carbonyl (C=O) groups is 1. The third-order valence-electron chi connectivity index (χ3n) is 3.71. The lowest BCUT2D eigenvalue weighted by molar-refractivity contribution is -0.130. The molecule has 0 radical (unpaired) electrons. The smallest absolute Gasteiger partial charge is 0.223 e. The maximum Gasteiger partial charge on any atom is 0.223 e. The zero-order valence-corrected chi connectivity index (χ0v) is 12.6. The van der Waals surface area contributed by atoms with Crippen molar-refractivity contribution in [3.63, 3.8) is 0 Å². The number of amides is 1. The highest BCUT2D eigenvalue weighted by molar-refractivity contribution is 7.92. The van der Waals surface area contributed by atoms with Crippen molar-refractivity contribution in [1.29, 1.82) is 0 Å². The molecule has 5 nitrogen and oxygen atoms in total. The Bertz CT molecular complexity index is 616. The Morgan fingerprint density at radius 2 is 2.05 bits per heavy atom. The molecule has 0 bridgehead atoms. The monoisotopic (exact) mass is 314 g/mol. The molecular weight excluding hydrogens is 295 g/mol. The molecule has 0 spiro atoms. The van der Waals surface area contributed by atoms with Crippen molar-refractivity contribution in [2.45, 2.75) is 36.0 Å². The average molecular weight is 314 g/mol. The fraction of sp³-hybridized carbons (Fsp3) is 0.500. The van der Waals surface area contributed by atoms with Gasteiger partial charge in [0.1, 0.15) is 5.82 Å². The molecule has 1 aromatic carbocycles. The zero-order chi connectivity index (χ0) is 15.6. The highest BCUT2D eigenvalue weighted by Gasteiger charge is 2.30. The first-order valence-corrected chi connectivity index (χ1v) is 8.38. The van der Waals surface area contributed by atoms with Crippen molar-refractivity contribution in [3.8, 4) is 0 Å². The van der Waals surface area contributed by atoms with Crippen LogP contribution in [0.1, 0.15) is 19.8 Å². The van der Waals surface area contributed by atoms with E-state index in [4.69, 9.17) is 5.73 Å². The third-order valence-corrected chi connectivity index (χ3v) is 5.87. The number of nitrogens with two attached hydrogens (primary N) is 1. The second-order valence-corrected chi connectivity index (χ2v) is 7.77. The quantitative estimate of drug-likeness (QED) is 0.839. The number of nitrogens with zero attached hydrogens (tertiary/aromatic N) is 1. The lowest BCUT2D eigenvalue weighted by Gasteiger charge is -2.19. The topological polar surface area (TPSA) is 80.5 Å². The van der Waals surface area contributed by atoms with Crippen LogP contribution in [0.3, 0.4) is 0 Å². The van der Waals surface area contributed by atoms with Crippen LogP contribution >= 0.6 is 0 Å². The van der Waals surface area contributed by atoms with Crippen LogP contribution in [0.4, 0.5) is 4.39 Å². The summed E-state index contributed by atoms with van der Waals surface area (Å²) >= 11 is 0. The number of likely N-dealkylation sites (tertiary alicyclic amines) is 1. The van der Waals surface area contributed by atoms with Crippen LogP contribution in [0, 0.1) is 5.82 Å². The van der Waals surface area contributed by atoms with E-state index in [2.05, 4.69) is 0 Å². The molecule has 7 heteroatoms. The van der Waals surface area contributed by atoms with Crippen molar-refractivity contribution in [2.24, 2.45) is 5.73 Å². The lowest BCUT2D eigenvalue weighted by Crippen LogP contribution is -2.35. The Hall–Kier alpha value is -1.47. The van der Waals surface area contributed by atoms with Crippen LogP contribution in [0.25, 0.3) is 0 Å². The van der Waals surface area contributed by atoms with Gasteiger partial charge in [-0.25, -0.2) is 12.8 Å². The van der Waals surface area contributed by atoms with Crippen LogP contribution in [0.2, 0.25) is 0 Å². The molecule has 1 heterocycles. The first-order chi connectivity index (χ1) is 9.80. The van der Waals surface area contributed by atoms with Crippen molar-refractivity contribution >= 4 is 15.7 Å². The normalized spacial score (nSPS) is 20.5. The first-order valence-electron chi connectivity index (χ1n) is 6.83. The zero-order valence-electron chi connectivity index (χ0n) is 11.8. The minimum absolute atomic E-state index is 0.0297. The van der Waals surface area contributed by atoms with Crippen molar-refractivity contribution in [3.05, 3.63) is 30.1 Å². The van der Waals surface area contributed by atoms with Crippen LogP contribution in [0.15, 0.2) is 29.2 Å². The largest absolute Gasteiger partial charge is 0.341 e. The van der Waals surface area contributed by atoms with Crippen LogP contribution in [0.5, 0.6) is 0 Å². The number of carbonyl (C=O) groups excluding carboxylic acids is 1. The lowest BCUT2D eigenvalue weighted by atomic mass is 10.3. The standard InChI is InChI=1S/C14H19FN2O3S/c1-10(8-14(18)17-7-6-12(16)9-17)21(19,20)13-4-2-11(15)3-5-13/h2-5,10,12H,6-9,16H2,1H3/t10-,12+/m0/s1. The van der Waals surface area contributed by atoms with E-state index < -0.39 is 20.9 Å². The maximum atomic E-state index is 12.9. The molecule has 2 N–H and O–H groups in total. The average Bonchev–Trinajstić information content (AvgIpc) is 2.86. The Morgan fingerprint density at radius 1 is 1.43 bits per heavy atom. The van der Waals surface area contributed by atoms with E-state index in [0.717, 1.165) is 18.6 Å². The van der Waals surface area contributed by atoms with Gasteiger partial charge in [0.15, 0.2) is 9.84 Å². The van der Waals surface area contributed by atoms with E-state index in [1.807, 2.05) is 0 Å². The van der Waals surface area contributed by atoms with Crippen molar-refractivity contribution in [2.75, 3.05) is 13.1 Å². The molecule has 1 saturated heterocycles. The number of hydrogen-bond donors (Lipinski definition) is 1. The first kappa shape index (κ1) is 15.9. The number of sulfone groups is 1. The van der Waals surface area contributed by atoms with Crippen molar-refractivity contribution in [1.82, 2.24) is 4.90 Å². The van der Waals surface area contributed by atoms with Gasteiger partial charge >= 0.3 is 0 Å². The highest BCUT2D eigenvalue weighted by atomic mass is 32.2. The Labute approximate surface area is 123 Å². The highest BCUT2D eigenvalue weighted by Crippen LogP contribution is 2.20. The Balaban J connectivity index is 2.06. The van der Waals surface area contributed by atoms with Gasteiger partial charge in [-0.1, -0.05) is 0 Å². The number of rotatable bonds is 4. The van der Waals surface area contributed by atoms with Gasteiger partial charge in [-0.3, -0.25) is 4.79 Å². The molecule has 2 atom stereocenters. The van der Waals surface area contributed by atoms with E-state index in [1.165, 1.54) is 19.1 Å². The molecule has 0 saturated carbocycles. The minimum Gasteiger partial charge on any atom is -0.341 e. The van der Waals surface area contributed by atoms with Gasteiger partial charge in [0.05, 0.1) is 10.1 Å². The fourth-order valence-electron chi connectivity index (χ4n) is 2.36. The number of hydrogen-bond acceptors (Lipinski definition) is 4. The minimum atomic E-state index is -3.64. The predicted molar refractivity (Wildman–Crippen MR) is 76.8 cm³/mol. The number of benzene rings is 1. The summed E-state index contributed by atoms with van der Waals surface area (Å²) in [5, 5.41) is -0.854. The Kier molecular flexibility index (Phi) is 4.63. The van der Waals surface area contributed by atoms with E-state index in [9.17, 15) is 17.6 Å². The molecule has 0 aromatic heterocycles. The van der Waals surface area contributed by atoms with Crippen molar-refractivity contribution < 1.29 is 17.6 Å². The third kappa shape index (κ3) is 3.59. The summed E-state index contributed by atoms with van der Waals surface area (Å²) in [6.07, 6.45) is 0.650.